The second-order valence-corrected chi connectivity index (χ2v) is 3.96. The van der Waals surface area contributed by atoms with Crippen LogP contribution in [0.3, 0.4) is 0 Å². The lowest BCUT2D eigenvalue weighted by Crippen LogP contribution is -2.00. The monoisotopic (exact) mass is 256 g/mol. The van der Waals surface area contributed by atoms with Crippen LogP contribution < -0.4 is 4.74 Å². The van der Waals surface area contributed by atoms with Crippen molar-refractivity contribution in [1.82, 2.24) is 0 Å². The van der Waals surface area contributed by atoms with E-state index in [1.54, 1.807) is 0 Å². The standard InChI is InChI=1S/C12H17BrO/c1-3-4-8-14-12-10(2)6-5-7-11(12)9-13/h5-7H,3-4,8-9H2,1-2H3. The number of halogens is 1. The molecule has 0 atom stereocenters. The van der Waals surface area contributed by atoms with E-state index in [0.717, 1.165) is 24.1 Å². The molecule has 0 unspecified atom stereocenters. The lowest BCUT2D eigenvalue weighted by atomic mass is 10.1. The van der Waals surface area contributed by atoms with E-state index in [9.17, 15) is 0 Å². The molecule has 0 radical (unpaired) electrons. The molecule has 1 rings (SSSR count). The Bertz CT molecular complexity index is 284. The van der Waals surface area contributed by atoms with Crippen molar-refractivity contribution in [2.75, 3.05) is 6.61 Å². The van der Waals surface area contributed by atoms with E-state index in [1.807, 2.05) is 0 Å². The van der Waals surface area contributed by atoms with Crippen LogP contribution in [-0.4, -0.2) is 6.61 Å². The van der Waals surface area contributed by atoms with Crippen LogP contribution in [0.15, 0.2) is 18.2 Å². The van der Waals surface area contributed by atoms with Gasteiger partial charge in [0.05, 0.1) is 6.61 Å². The third kappa shape index (κ3) is 3.02. The number of hydrogen-bond acceptors (Lipinski definition) is 1. The Labute approximate surface area is 94.6 Å². The van der Waals surface area contributed by atoms with Gasteiger partial charge >= 0.3 is 0 Å². The Kier molecular flexibility index (Phi) is 5.02. The first-order valence-corrected chi connectivity index (χ1v) is 6.19. The number of hydrogen-bond donors (Lipinski definition) is 0. The zero-order chi connectivity index (χ0) is 10.4. The van der Waals surface area contributed by atoms with Gasteiger partial charge in [0.25, 0.3) is 0 Å². The molecule has 2 heteroatoms. The smallest absolute Gasteiger partial charge is 0.126 e. The van der Waals surface area contributed by atoms with Gasteiger partial charge in [-0.15, -0.1) is 0 Å². The van der Waals surface area contributed by atoms with Crippen LogP contribution >= 0.6 is 15.9 Å². The minimum absolute atomic E-state index is 0.821. The lowest BCUT2D eigenvalue weighted by molar-refractivity contribution is 0.305. The average molecular weight is 257 g/mol. The van der Waals surface area contributed by atoms with Crippen LogP contribution in [0, 0.1) is 6.92 Å². The molecule has 1 nitrogen and oxygen atoms in total. The highest BCUT2D eigenvalue weighted by Gasteiger charge is 2.04. The topological polar surface area (TPSA) is 9.23 Å². The van der Waals surface area contributed by atoms with Crippen LogP contribution in [-0.2, 0) is 5.33 Å². The second kappa shape index (κ2) is 6.07. The van der Waals surface area contributed by atoms with Gasteiger partial charge in [0.2, 0.25) is 0 Å². The first-order valence-electron chi connectivity index (χ1n) is 5.06. The van der Waals surface area contributed by atoms with Gasteiger partial charge in [0.15, 0.2) is 0 Å². The summed E-state index contributed by atoms with van der Waals surface area (Å²) in [5.74, 6) is 1.05. The zero-order valence-corrected chi connectivity index (χ0v) is 10.4. The van der Waals surface area contributed by atoms with Gasteiger partial charge in [-0.25, -0.2) is 0 Å². The van der Waals surface area contributed by atoms with Crippen LogP contribution in [0.2, 0.25) is 0 Å². The first-order chi connectivity index (χ1) is 6.79. The average Bonchev–Trinajstić information content (AvgIpc) is 2.20. The highest BCUT2D eigenvalue weighted by atomic mass is 79.9. The van der Waals surface area contributed by atoms with Crippen LogP contribution in [0.5, 0.6) is 5.75 Å². The summed E-state index contributed by atoms with van der Waals surface area (Å²) < 4.78 is 5.77. The molecule has 0 bridgehead atoms. The Morgan fingerprint density at radius 3 is 2.79 bits per heavy atom. The molecule has 1 aromatic carbocycles. The lowest BCUT2D eigenvalue weighted by Gasteiger charge is -2.12. The maximum atomic E-state index is 5.77. The van der Waals surface area contributed by atoms with E-state index < -0.39 is 0 Å². The molecule has 1 aromatic rings. The molecule has 0 fully saturated rings. The fraction of sp³-hybridized carbons (Fsp3) is 0.500. The summed E-state index contributed by atoms with van der Waals surface area (Å²) in [5.41, 5.74) is 2.46. The van der Waals surface area contributed by atoms with Gasteiger partial charge in [0.1, 0.15) is 5.75 Å². The molecule has 0 spiro atoms. The highest BCUT2D eigenvalue weighted by Crippen LogP contribution is 2.25. The van der Waals surface area contributed by atoms with E-state index in [1.165, 1.54) is 17.5 Å². The van der Waals surface area contributed by atoms with E-state index in [0.29, 0.717) is 0 Å². The number of rotatable bonds is 5. The number of benzene rings is 1. The third-order valence-corrected chi connectivity index (χ3v) is 2.79. The summed E-state index contributed by atoms with van der Waals surface area (Å²) in [7, 11) is 0. The molecule has 14 heavy (non-hydrogen) atoms. The second-order valence-electron chi connectivity index (χ2n) is 3.40. The summed E-state index contributed by atoms with van der Waals surface area (Å²) in [6, 6.07) is 6.26. The molecule has 0 saturated heterocycles. The number of ether oxygens (including phenoxy) is 1. The Morgan fingerprint density at radius 1 is 1.36 bits per heavy atom. The minimum Gasteiger partial charge on any atom is -0.493 e. The largest absolute Gasteiger partial charge is 0.493 e. The Morgan fingerprint density at radius 2 is 2.14 bits per heavy atom. The predicted molar refractivity (Wildman–Crippen MR) is 64.2 cm³/mol. The van der Waals surface area contributed by atoms with Crippen molar-refractivity contribution in [3.8, 4) is 5.75 Å². The molecule has 0 amide bonds. The number of para-hydroxylation sites is 1. The molecule has 0 aliphatic rings. The summed E-state index contributed by atoms with van der Waals surface area (Å²) in [4.78, 5) is 0. The van der Waals surface area contributed by atoms with E-state index in [4.69, 9.17) is 4.74 Å². The van der Waals surface area contributed by atoms with Crippen molar-refractivity contribution in [2.24, 2.45) is 0 Å². The zero-order valence-electron chi connectivity index (χ0n) is 8.85. The van der Waals surface area contributed by atoms with Gasteiger partial charge in [-0.2, -0.15) is 0 Å². The maximum absolute atomic E-state index is 5.77. The molecule has 0 aromatic heterocycles. The molecule has 0 saturated carbocycles. The molecular weight excluding hydrogens is 240 g/mol. The SMILES string of the molecule is CCCCOc1c(C)cccc1CBr. The van der Waals surface area contributed by atoms with Gasteiger partial charge in [-0.1, -0.05) is 47.5 Å². The molecule has 78 valence electrons. The molecule has 0 N–H and O–H groups in total. The van der Waals surface area contributed by atoms with Crippen molar-refractivity contribution in [1.29, 1.82) is 0 Å². The highest BCUT2D eigenvalue weighted by molar-refractivity contribution is 9.08. The third-order valence-electron chi connectivity index (χ3n) is 2.18. The van der Waals surface area contributed by atoms with E-state index in [2.05, 4.69) is 48.0 Å². The maximum Gasteiger partial charge on any atom is 0.126 e. The van der Waals surface area contributed by atoms with E-state index >= 15 is 0 Å². The van der Waals surface area contributed by atoms with Crippen molar-refractivity contribution < 1.29 is 4.74 Å². The number of unbranched alkanes of at least 4 members (excludes halogenated alkanes) is 1. The van der Waals surface area contributed by atoms with E-state index in [-0.39, 0.29) is 0 Å². The predicted octanol–water partition coefficient (Wildman–Crippen LogP) is 4.07. The van der Waals surface area contributed by atoms with Crippen molar-refractivity contribution in [3.05, 3.63) is 29.3 Å². The van der Waals surface area contributed by atoms with Crippen LogP contribution in [0.25, 0.3) is 0 Å². The fourth-order valence-electron chi connectivity index (χ4n) is 1.34. The summed E-state index contributed by atoms with van der Waals surface area (Å²) in [5, 5.41) is 0.857. The molecule has 0 aliphatic carbocycles. The molecule has 0 aliphatic heterocycles. The van der Waals surface area contributed by atoms with Crippen LogP contribution in [0.4, 0.5) is 0 Å². The molecule has 0 heterocycles. The Hall–Kier alpha value is -0.500. The van der Waals surface area contributed by atoms with Gasteiger partial charge in [0, 0.05) is 10.9 Å². The van der Waals surface area contributed by atoms with Gasteiger partial charge in [-0.05, 0) is 18.9 Å². The summed E-state index contributed by atoms with van der Waals surface area (Å²) in [6.07, 6.45) is 2.30. The van der Waals surface area contributed by atoms with Crippen molar-refractivity contribution in [2.45, 2.75) is 32.0 Å². The number of alkyl halides is 1. The Balaban J connectivity index is 2.72. The van der Waals surface area contributed by atoms with Crippen LogP contribution in [0.1, 0.15) is 30.9 Å². The normalized spacial score (nSPS) is 10.2. The summed E-state index contributed by atoms with van der Waals surface area (Å²) in [6.45, 7) is 5.08. The number of aryl methyl sites for hydroxylation is 1. The molecular formula is C12H17BrO. The van der Waals surface area contributed by atoms with Crippen molar-refractivity contribution in [3.63, 3.8) is 0 Å². The van der Waals surface area contributed by atoms with Crippen molar-refractivity contribution >= 4 is 15.9 Å². The minimum atomic E-state index is 0.821. The first kappa shape index (κ1) is 11.6. The fourth-order valence-corrected chi connectivity index (χ4v) is 1.79. The quantitative estimate of drug-likeness (QED) is 0.570. The summed E-state index contributed by atoms with van der Waals surface area (Å²) >= 11 is 3.47. The van der Waals surface area contributed by atoms with Gasteiger partial charge in [-0.3, -0.25) is 0 Å². The van der Waals surface area contributed by atoms with Gasteiger partial charge < -0.3 is 4.74 Å².